The number of halogens is 1. The summed E-state index contributed by atoms with van der Waals surface area (Å²) in [6.45, 7) is 2.61. The lowest BCUT2D eigenvalue weighted by molar-refractivity contribution is -0.137. The van der Waals surface area contributed by atoms with E-state index in [4.69, 9.17) is 14.6 Å². The first-order chi connectivity index (χ1) is 13.7. The minimum atomic E-state index is -0.771. The summed E-state index contributed by atoms with van der Waals surface area (Å²) < 4.78 is 11.8. The number of hydrogen-bond acceptors (Lipinski definition) is 5. The normalized spacial score (nSPS) is 16.9. The third-order valence-corrected chi connectivity index (χ3v) is 4.85. The Morgan fingerprint density at radius 1 is 1.17 bits per heavy atom. The van der Waals surface area contributed by atoms with Crippen molar-refractivity contribution in [3.63, 3.8) is 0 Å². The van der Waals surface area contributed by atoms with Gasteiger partial charge in [-0.3, -0.25) is 14.7 Å². The molecule has 3 aromatic rings. The van der Waals surface area contributed by atoms with Gasteiger partial charge in [0.1, 0.15) is 11.5 Å². The summed E-state index contributed by atoms with van der Waals surface area (Å²) in [5.74, 6) is 0.660. The van der Waals surface area contributed by atoms with Crippen LogP contribution >= 0.6 is 12.4 Å². The van der Waals surface area contributed by atoms with Gasteiger partial charge >= 0.3 is 5.97 Å². The molecule has 0 spiro atoms. The van der Waals surface area contributed by atoms with E-state index >= 15 is 0 Å². The maximum absolute atomic E-state index is 10.8. The van der Waals surface area contributed by atoms with Crippen molar-refractivity contribution in [2.45, 2.75) is 12.5 Å². The Morgan fingerprint density at radius 3 is 2.76 bits per heavy atom. The summed E-state index contributed by atoms with van der Waals surface area (Å²) in [7, 11) is 0. The highest BCUT2D eigenvalue weighted by Gasteiger charge is 2.22. The Bertz CT molecular complexity index is 964. The Hall–Kier alpha value is -2.67. The molecule has 29 heavy (non-hydrogen) atoms. The van der Waals surface area contributed by atoms with E-state index < -0.39 is 5.97 Å². The third kappa shape index (κ3) is 5.44. The molecule has 0 bridgehead atoms. The molecule has 0 amide bonds. The number of aromatic nitrogens is 1. The molecule has 0 radical (unpaired) electrons. The van der Waals surface area contributed by atoms with E-state index in [1.54, 1.807) is 6.20 Å². The standard InChI is InChI=1S/C22H22N2O4.ClH/c25-22(26)9-10-24-11-12-27-21(15-24)16-5-7-18(8-6-16)28-19-13-17-3-1-2-4-20(17)23-14-19;/h1-8,13-14,21H,9-12,15H2,(H,25,26);1H. The smallest absolute Gasteiger partial charge is 0.304 e. The van der Waals surface area contributed by atoms with Gasteiger partial charge in [0.25, 0.3) is 0 Å². The number of ether oxygens (including phenoxy) is 2. The van der Waals surface area contributed by atoms with E-state index in [0.29, 0.717) is 25.4 Å². The van der Waals surface area contributed by atoms with Gasteiger partial charge in [-0.25, -0.2) is 0 Å². The van der Waals surface area contributed by atoms with E-state index in [0.717, 1.165) is 28.8 Å². The molecule has 1 aromatic heterocycles. The van der Waals surface area contributed by atoms with Gasteiger partial charge in [0.05, 0.1) is 30.8 Å². The van der Waals surface area contributed by atoms with Gasteiger partial charge in [-0.15, -0.1) is 12.4 Å². The molecule has 0 aliphatic carbocycles. The zero-order valence-corrected chi connectivity index (χ0v) is 16.7. The highest BCUT2D eigenvalue weighted by molar-refractivity contribution is 5.85. The van der Waals surface area contributed by atoms with Crippen LogP contribution < -0.4 is 4.74 Å². The number of para-hydroxylation sites is 1. The fourth-order valence-electron chi connectivity index (χ4n) is 3.35. The number of benzene rings is 2. The van der Waals surface area contributed by atoms with Gasteiger partial charge in [-0.1, -0.05) is 30.3 Å². The number of nitrogens with zero attached hydrogens (tertiary/aromatic N) is 2. The fourth-order valence-corrected chi connectivity index (χ4v) is 3.35. The van der Waals surface area contributed by atoms with Crippen molar-refractivity contribution in [2.75, 3.05) is 26.2 Å². The summed E-state index contributed by atoms with van der Waals surface area (Å²) >= 11 is 0. The lowest BCUT2D eigenvalue weighted by atomic mass is 10.1. The van der Waals surface area contributed by atoms with Crippen LogP contribution in [0.25, 0.3) is 10.9 Å². The van der Waals surface area contributed by atoms with Gasteiger partial charge in [0.15, 0.2) is 0 Å². The summed E-state index contributed by atoms with van der Waals surface area (Å²) in [6, 6.07) is 17.7. The maximum Gasteiger partial charge on any atom is 0.304 e. The predicted molar refractivity (Wildman–Crippen MR) is 113 cm³/mol. The van der Waals surface area contributed by atoms with Crippen LogP contribution in [0, 0.1) is 0 Å². The van der Waals surface area contributed by atoms with Crippen molar-refractivity contribution in [1.29, 1.82) is 0 Å². The molecule has 1 saturated heterocycles. The lowest BCUT2D eigenvalue weighted by Gasteiger charge is -2.32. The van der Waals surface area contributed by atoms with Crippen LogP contribution in [-0.4, -0.2) is 47.2 Å². The largest absolute Gasteiger partial charge is 0.481 e. The monoisotopic (exact) mass is 414 g/mol. The van der Waals surface area contributed by atoms with Gasteiger partial charge < -0.3 is 14.6 Å². The molecule has 4 rings (SSSR count). The summed E-state index contributed by atoms with van der Waals surface area (Å²) in [4.78, 5) is 17.3. The Balaban J connectivity index is 0.00000240. The van der Waals surface area contributed by atoms with E-state index in [-0.39, 0.29) is 24.9 Å². The molecule has 2 heterocycles. The first-order valence-corrected chi connectivity index (χ1v) is 9.36. The second-order valence-corrected chi connectivity index (χ2v) is 6.84. The molecule has 1 N–H and O–H groups in total. The number of pyridine rings is 1. The van der Waals surface area contributed by atoms with Crippen molar-refractivity contribution >= 4 is 29.3 Å². The van der Waals surface area contributed by atoms with E-state index in [9.17, 15) is 4.79 Å². The number of morpholine rings is 1. The first-order valence-electron chi connectivity index (χ1n) is 9.36. The van der Waals surface area contributed by atoms with Crippen molar-refractivity contribution in [1.82, 2.24) is 9.88 Å². The van der Waals surface area contributed by atoms with Crippen LogP contribution in [0.5, 0.6) is 11.5 Å². The van der Waals surface area contributed by atoms with E-state index in [2.05, 4.69) is 9.88 Å². The molecule has 0 saturated carbocycles. The van der Waals surface area contributed by atoms with Crippen LogP contribution in [-0.2, 0) is 9.53 Å². The molecule has 1 aliphatic rings. The molecule has 1 unspecified atom stereocenters. The topological polar surface area (TPSA) is 71.9 Å². The zero-order valence-electron chi connectivity index (χ0n) is 15.9. The fraction of sp³-hybridized carbons (Fsp3) is 0.273. The van der Waals surface area contributed by atoms with E-state index in [1.807, 2.05) is 54.6 Å². The van der Waals surface area contributed by atoms with Crippen LogP contribution in [0.15, 0.2) is 60.8 Å². The highest BCUT2D eigenvalue weighted by atomic mass is 35.5. The second kappa shape index (κ2) is 9.69. The van der Waals surface area contributed by atoms with Gasteiger partial charge in [0.2, 0.25) is 0 Å². The van der Waals surface area contributed by atoms with Gasteiger partial charge in [0, 0.05) is 25.0 Å². The van der Waals surface area contributed by atoms with Gasteiger partial charge in [-0.2, -0.15) is 0 Å². The predicted octanol–water partition coefficient (Wildman–Crippen LogP) is 4.30. The number of carboxylic acids is 1. The maximum atomic E-state index is 10.8. The first kappa shape index (κ1) is 21.0. The molecular weight excluding hydrogens is 392 g/mol. The zero-order chi connectivity index (χ0) is 19.3. The Labute approximate surface area is 175 Å². The van der Waals surface area contributed by atoms with Crippen LogP contribution in [0.1, 0.15) is 18.1 Å². The highest BCUT2D eigenvalue weighted by Crippen LogP contribution is 2.27. The number of rotatable bonds is 6. The number of aliphatic carboxylic acids is 1. The summed E-state index contributed by atoms with van der Waals surface area (Å²) in [6.07, 6.45) is 1.82. The quantitative estimate of drug-likeness (QED) is 0.648. The summed E-state index contributed by atoms with van der Waals surface area (Å²) in [5.41, 5.74) is 2.00. The van der Waals surface area contributed by atoms with Crippen molar-refractivity contribution in [3.8, 4) is 11.5 Å². The second-order valence-electron chi connectivity index (χ2n) is 6.84. The van der Waals surface area contributed by atoms with Crippen molar-refractivity contribution in [3.05, 3.63) is 66.4 Å². The van der Waals surface area contributed by atoms with Crippen LogP contribution in [0.3, 0.4) is 0 Å². The van der Waals surface area contributed by atoms with Crippen molar-refractivity contribution in [2.24, 2.45) is 0 Å². The minimum absolute atomic E-state index is 0. The summed E-state index contributed by atoms with van der Waals surface area (Å²) in [5, 5.41) is 9.90. The molecule has 152 valence electrons. The molecule has 1 atom stereocenters. The average molecular weight is 415 g/mol. The molecule has 1 fully saturated rings. The van der Waals surface area contributed by atoms with Gasteiger partial charge in [-0.05, 0) is 29.8 Å². The Morgan fingerprint density at radius 2 is 1.97 bits per heavy atom. The molecular formula is C22H23ClN2O4. The van der Waals surface area contributed by atoms with Crippen molar-refractivity contribution < 1.29 is 19.4 Å². The van der Waals surface area contributed by atoms with Crippen LogP contribution in [0.4, 0.5) is 0 Å². The molecule has 2 aromatic carbocycles. The molecule has 7 heteroatoms. The third-order valence-electron chi connectivity index (χ3n) is 4.85. The molecule has 1 aliphatic heterocycles. The average Bonchev–Trinajstić information content (AvgIpc) is 2.73. The number of fused-ring (bicyclic) bond motifs is 1. The molecule has 6 nitrogen and oxygen atoms in total. The number of hydrogen-bond donors (Lipinski definition) is 1. The SMILES string of the molecule is Cl.O=C(O)CCN1CCOC(c2ccc(Oc3cnc4ccccc4c3)cc2)C1. The number of carbonyl (C=O) groups is 1. The minimum Gasteiger partial charge on any atom is -0.481 e. The van der Waals surface area contributed by atoms with Crippen LogP contribution in [0.2, 0.25) is 0 Å². The Kier molecular flexibility index (Phi) is 7.04. The number of carboxylic acid groups (broad SMARTS) is 1. The van der Waals surface area contributed by atoms with E-state index in [1.165, 1.54) is 0 Å². The lowest BCUT2D eigenvalue weighted by Crippen LogP contribution is -2.39.